The smallest absolute Gasteiger partial charge is 0.168 e. The van der Waals surface area contributed by atoms with Crippen molar-refractivity contribution in [3.8, 4) is 0 Å². The predicted octanol–water partition coefficient (Wildman–Crippen LogP) is 5.21. The van der Waals surface area contributed by atoms with Crippen LogP contribution in [0.15, 0.2) is 122 Å². The molecule has 2 aromatic heterocycles. The average molecular weight is 397 g/mol. The van der Waals surface area contributed by atoms with Crippen LogP contribution in [0, 0.1) is 0 Å². The van der Waals surface area contributed by atoms with E-state index in [0.717, 1.165) is 25.9 Å². The lowest BCUT2D eigenvalue weighted by Gasteiger charge is -1.98. The van der Waals surface area contributed by atoms with E-state index in [1.54, 1.807) is 0 Å². The lowest BCUT2D eigenvalue weighted by atomic mass is 10.1. The number of aryl methyl sites for hydroxylation is 4. The predicted molar refractivity (Wildman–Crippen MR) is 123 cm³/mol. The molecule has 0 aliphatic rings. The average Bonchev–Trinajstić information content (AvgIpc) is 2.82. The summed E-state index contributed by atoms with van der Waals surface area (Å²) in [6.07, 6.45) is 13.2. The van der Waals surface area contributed by atoms with Crippen LogP contribution in [0.25, 0.3) is 0 Å². The van der Waals surface area contributed by atoms with Gasteiger partial charge in [-0.3, -0.25) is 0 Å². The van der Waals surface area contributed by atoms with Crippen LogP contribution in [-0.4, -0.2) is 0 Å². The summed E-state index contributed by atoms with van der Waals surface area (Å²) in [5.74, 6) is 0. The zero-order valence-corrected chi connectivity index (χ0v) is 17.7. The molecule has 4 rings (SSSR count). The standard InChI is InChI=1S/2C14H16N/c2*1-3-8-14(9-4-1)10-7-13-15-11-5-2-6-12-15/h2*1-6,8-9,11-12H,7,10,13H2/q2*+1. The fourth-order valence-corrected chi connectivity index (χ4v) is 3.39. The summed E-state index contributed by atoms with van der Waals surface area (Å²) in [5, 5.41) is 0. The van der Waals surface area contributed by atoms with Gasteiger partial charge in [0.1, 0.15) is 13.1 Å². The van der Waals surface area contributed by atoms with Gasteiger partial charge in [-0.2, -0.15) is 0 Å². The molecular formula is C28H32N2+2. The number of hydrogen-bond acceptors (Lipinski definition) is 0. The first-order valence-electron chi connectivity index (χ1n) is 10.9. The van der Waals surface area contributed by atoms with Crippen LogP contribution in [0.1, 0.15) is 24.0 Å². The molecule has 0 saturated heterocycles. The van der Waals surface area contributed by atoms with Gasteiger partial charge in [-0.25, -0.2) is 9.13 Å². The van der Waals surface area contributed by atoms with Gasteiger partial charge in [0.05, 0.1) is 0 Å². The molecule has 30 heavy (non-hydrogen) atoms. The fourth-order valence-electron chi connectivity index (χ4n) is 3.39. The van der Waals surface area contributed by atoms with Gasteiger partial charge in [0.25, 0.3) is 0 Å². The number of aromatic nitrogens is 2. The van der Waals surface area contributed by atoms with Crippen molar-refractivity contribution in [2.45, 2.75) is 38.8 Å². The zero-order chi connectivity index (χ0) is 20.7. The van der Waals surface area contributed by atoms with Crippen LogP contribution in [0.3, 0.4) is 0 Å². The molecule has 0 aliphatic carbocycles. The van der Waals surface area contributed by atoms with Gasteiger partial charge in [-0.1, -0.05) is 72.8 Å². The molecule has 0 unspecified atom stereocenters. The highest BCUT2D eigenvalue weighted by atomic mass is 14.9. The first kappa shape index (κ1) is 21.4. The van der Waals surface area contributed by atoms with Crippen molar-refractivity contribution in [2.75, 3.05) is 0 Å². The molecule has 2 heteroatoms. The van der Waals surface area contributed by atoms with E-state index in [0.29, 0.717) is 0 Å². The Morgan fingerprint density at radius 1 is 0.400 bits per heavy atom. The molecule has 0 bridgehead atoms. The van der Waals surface area contributed by atoms with Gasteiger partial charge in [0.15, 0.2) is 24.8 Å². The molecule has 0 atom stereocenters. The number of hydrogen-bond donors (Lipinski definition) is 0. The lowest BCUT2D eigenvalue weighted by Crippen LogP contribution is -2.32. The normalized spacial score (nSPS) is 10.1. The molecule has 4 aromatic rings. The summed E-state index contributed by atoms with van der Waals surface area (Å²) in [6.45, 7) is 2.19. The zero-order valence-electron chi connectivity index (χ0n) is 17.7. The minimum atomic E-state index is 1.09. The highest BCUT2D eigenvalue weighted by Crippen LogP contribution is 2.02. The van der Waals surface area contributed by atoms with Gasteiger partial charge >= 0.3 is 0 Å². The molecule has 2 nitrogen and oxygen atoms in total. The topological polar surface area (TPSA) is 7.76 Å². The van der Waals surface area contributed by atoms with E-state index < -0.39 is 0 Å². The third-order valence-electron chi connectivity index (χ3n) is 5.00. The summed E-state index contributed by atoms with van der Waals surface area (Å²) in [4.78, 5) is 0. The van der Waals surface area contributed by atoms with Crippen LogP contribution in [0.5, 0.6) is 0 Å². The third kappa shape index (κ3) is 8.40. The molecule has 2 aromatic carbocycles. The Kier molecular flexibility index (Phi) is 9.33. The molecule has 0 fully saturated rings. The Morgan fingerprint density at radius 3 is 1.10 bits per heavy atom. The van der Waals surface area contributed by atoms with E-state index in [1.165, 1.54) is 24.0 Å². The quantitative estimate of drug-likeness (QED) is 0.361. The van der Waals surface area contributed by atoms with E-state index in [4.69, 9.17) is 0 Å². The molecule has 0 radical (unpaired) electrons. The van der Waals surface area contributed by atoms with Crippen molar-refractivity contribution in [2.24, 2.45) is 0 Å². The van der Waals surface area contributed by atoms with E-state index in [-0.39, 0.29) is 0 Å². The molecular weight excluding hydrogens is 364 g/mol. The fraction of sp³-hybridized carbons (Fsp3) is 0.214. The van der Waals surface area contributed by atoms with E-state index in [2.05, 4.69) is 119 Å². The Hall–Kier alpha value is -3.26. The van der Waals surface area contributed by atoms with Crippen molar-refractivity contribution < 1.29 is 9.13 Å². The van der Waals surface area contributed by atoms with E-state index in [9.17, 15) is 0 Å². The summed E-state index contributed by atoms with van der Waals surface area (Å²) in [7, 11) is 0. The minimum absolute atomic E-state index is 1.09. The summed E-state index contributed by atoms with van der Waals surface area (Å²) in [6, 6.07) is 33.7. The van der Waals surface area contributed by atoms with Gasteiger partial charge in [-0.15, -0.1) is 0 Å². The maximum Gasteiger partial charge on any atom is 0.168 e. The minimum Gasteiger partial charge on any atom is -0.205 e. The van der Waals surface area contributed by atoms with Crippen LogP contribution in [0.2, 0.25) is 0 Å². The Labute approximate surface area is 181 Å². The monoisotopic (exact) mass is 396 g/mol. The first-order valence-corrected chi connectivity index (χ1v) is 10.9. The summed E-state index contributed by atoms with van der Waals surface area (Å²) < 4.78 is 4.45. The second-order valence-corrected chi connectivity index (χ2v) is 7.40. The molecule has 2 heterocycles. The Balaban J connectivity index is 0.000000171. The highest BCUT2D eigenvalue weighted by Gasteiger charge is 1.99. The SMILES string of the molecule is c1ccc(CCC[n+]2ccccc2)cc1.c1ccc(CCC[n+]2ccccc2)cc1. The second-order valence-electron chi connectivity index (χ2n) is 7.40. The van der Waals surface area contributed by atoms with Crippen LogP contribution in [0.4, 0.5) is 0 Å². The van der Waals surface area contributed by atoms with E-state index >= 15 is 0 Å². The van der Waals surface area contributed by atoms with Gasteiger partial charge < -0.3 is 0 Å². The lowest BCUT2D eigenvalue weighted by molar-refractivity contribution is -0.697. The maximum absolute atomic E-state index is 2.23. The van der Waals surface area contributed by atoms with Crippen molar-refractivity contribution in [3.05, 3.63) is 133 Å². The molecule has 0 N–H and O–H groups in total. The molecule has 0 aliphatic heterocycles. The Morgan fingerprint density at radius 2 is 0.733 bits per heavy atom. The molecule has 0 amide bonds. The van der Waals surface area contributed by atoms with Crippen LogP contribution >= 0.6 is 0 Å². The second kappa shape index (κ2) is 13.1. The summed E-state index contributed by atoms with van der Waals surface area (Å²) in [5.41, 5.74) is 2.85. The number of nitrogens with zero attached hydrogens (tertiary/aromatic N) is 2. The van der Waals surface area contributed by atoms with Gasteiger partial charge in [0, 0.05) is 37.1 Å². The number of benzene rings is 2. The Bertz CT molecular complexity index is 763. The third-order valence-corrected chi connectivity index (χ3v) is 5.00. The molecule has 0 spiro atoms. The van der Waals surface area contributed by atoms with Crippen molar-refractivity contribution in [1.29, 1.82) is 0 Å². The number of pyridine rings is 2. The number of rotatable bonds is 8. The van der Waals surface area contributed by atoms with Gasteiger partial charge in [-0.05, 0) is 24.0 Å². The van der Waals surface area contributed by atoms with Crippen LogP contribution in [-0.2, 0) is 25.9 Å². The maximum atomic E-state index is 2.23. The molecule has 152 valence electrons. The highest BCUT2D eigenvalue weighted by molar-refractivity contribution is 5.15. The summed E-state index contributed by atoms with van der Waals surface area (Å²) >= 11 is 0. The molecule has 0 saturated carbocycles. The van der Waals surface area contributed by atoms with Crippen molar-refractivity contribution >= 4 is 0 Å². The van der Waals surface area contributed by atoms with Gasteiger partial charge in [0.2, 0.25) is 0 Å². The van der Waals surface area contributed by atoms with Crippen LogP contribution < -0.4 is 9.13 Å². The van der Waals surface area contributed by atoms with Crippen molar-refractivity contribution in [3.63, 3.8) is 0 Å². The first-order chi connectivity index (χ1) is 14.9. The largest absolute Gasteiger partial charge is 0.205 e. The van der Waals surface area contributed by atoms with E-state index in [1.807, 2.05) is 12.1 Å². The van der Waals surface area contributed by atoms with Crippen molar-refractivity contribution in [1.82, 2.24) is 0 Å².